The van der Waals surface area contributed by atoms with Gasteiger partial charge in [0.1, 0.15) is 0 Å². The molecule has 1 aromatic carbocycles. The highest BCUT2D eigenvalue weighted by atomic mass is 79.9. The number of benzene rings is 1. The van der Waals surface area contributed by atoms with Gasteiger partial charge in [-0.2, -0.15) is 0 Å². The van der Waals surface area contributed by atoms with Crippen LogP contribution in [-0.4, -0.2) is 20.3 Å². The molecule has 0 spiro atoms. The van der Waals surface area contributed by atoms with Crippen molar-refractivity contribution in [1.82, 2.24) is 9.55 Å². The molecular weight excluding hydrogens is 284 g/mol. The van der Waals surface area contributed by atoms with Crippen molar-refractivity contribution < 1.29 is 5.11 Å². The van der Waals surface area contributed by atoms with Crippen LogP contribution in [0.3, 0.4) is 0 Å². The van der Waals surface area contributed by atoms with E-state index in [9.17, 15) is 9.90 Å². The summed E-state index contributed by atoms with van der Waals surface area (Å²) >= 11 is 3.36. The van der Waals surface area contributed by atoms with Crippen LogP contribution < -0.4 is 5.56 Å². The summed E-state index contributed by atoms with van der Waals surface area (Å²) in [6, 6.07) is 5.37. The molecule has 1 heterocycles. The summed E-state index contributed by atoms with van der Waals surface area (Å²) < 4.78 is 2.22. The van der Waals surface area contributed by atoms with Gasteiger partial charge in [-0.25, -0.2) is 4.98 Å². The second kappa shape index (κ2) is 4.23. The van der Waals surface area contributed by atoms with Crippen LogP contribution in [0.5, 0.6) is 0 Å². The van der Waals surface area contributed by atoms with Gasteiger partial charge in [0.2, 0.25) is 0 Å². The quantitative estimate of drug-likeness (QED) is 0.921. The minimum atomic E-state index is -0.939. The molecule has 17 heavy (non-hydrogen) atoms. The van der Waals surface area contributed by atoms with Crippen LogP contribution in [0.2, 0.25) is 0 Å². The standard InChI is InChI=1S/C12H13BrN2O2/c1-12(2,17)6-15-7-14-10-8(11(15)16)4-3-5-9(10)13/h3-5,7,17H,6H2,1-2H3. The Morgan fingerprint density at radius 1 is 1.47 bits per heavy atom. The molecule has 0 aliphatic heterocycles. The number of nitrogens with zero attached hydrogens (tertiary/aromatic N) is 2. The van der Waals surface area contributed by atoms with E-state index in [0.717, 1.165) is 4.47 Å². The van der Waals surface area contributed by atoms with Crippen molar-refractivity contribution >= 4 is 26.8 Å². The van der Waals surface area contributed by atoms with Gasteiger partial charge in [0, 0.05) is 4.47 Å². The summed E-state index contributed by atoms with van der Waals surface area (Å²) in [5, 5.41) is 10.3. The van der Waals surface area contributed by atoms with E-state index in [-0.39, 0.29) is 12.1 Å². The Morgan fingerprint density at radius 2 is 2.18 bits per heavy atom. The SMILES string of the molecule is CC(C)(O)Cn1cnc2c(Br)cccc2c1=O. The molecule has 0 amide bonds. The van der Waals surface area contributed by atoms with Crippen LogP contribution >= 0.6 is 15.9 Å². The Morgan fingerprint density at radius 3 is 2.82 bits per heavy atom. The average molecular weight is 297 g/mol. The molecule has 0 saturated heterocycles. The van der Waals surface area contributed by atoms with Gasteiger partial charge in [-0.1, -0.05) is 6.07 Å². The Kier molecular flexibility index (Phi) is 3.05. The van der Waals surface area contributed by atoms with Crippen molar-refractivity contribution in [3.8, 4) is 0 Å². The smallest absolute Gasteiger partial charge is 0.261 e. The van der Waals surface area contributed by atoms with Gasteiger partial charge >= 0.3 is 0 Å². The second-order valence-electron chi connectivity index (χ2n) is 4.63. The number of aliphatic hydroxyl groups is 1. The predicted molar refractivity (Wildman–Crippen MR) is 70.0 cm³/mol. The summed E-state index contributed by atoms with van der Waals surface area (Å²) in [5.74, 6) is 0. The zero-order chi connectivity index (χ0) is 12.6. The van der Waals surface area contributed by atoms with Gasteiger partial charge in [-0.15, -0.1) is 0 Å². The lowest BCUT2D eigenvalue weighted by Crippen LogP contribution is -2.32. The Labute approximate surface area is 107 Å². The van der Waals surface area contributed by atoms with Crippen LogP contribution in [0, 0.1) is 0 Å². The molecule has 0 fully saturated rings. The van der Waals surface area contributed by atoms with E-state index >= 15 is 0 Å². The lowest BCUT2D eigenvalue weighted by atomic mass is 10.1. The monoisotopic (exact) mass is 296 g/mol. The largest absolute Gasteiger partial charge is 0.389 e. The maximum absolute atomic E-state index is 12.1. The maximum atomic E-state index is 12.1. The normalized spacial score (nSPS) is 12.0. The first-order valence-electron chi connectivity index (χ1n) is 5.24. The molecule has 0 aliphatic carbocycles. The summed E-state index contributed by atoms with van der Waals surface area (Å²) in [6.07, 6.45) is 1.47. The molecule has 0 bridgehead atoms. The molecule has 1 N–H and O–H groups in total. The van der Waals surface area contributed by atoms with Crippen LogP contribution in [0.4, 0.5) is 0 Å². The average Bonchev–Trinajstić information content (AvgIpc) is 2.21. The zero-order valence-electron chi connectivity index (χ0n) is 9.64. The zero-order valence-corrected chi connectivity index (χ0v) is 11.2. The number of halogens is 1. The van der Waals surface area contributed by atoms with Crippen molar-refractivity contribution in [2.45, 2.75) is 26.0 Å². The predicted octanol–water partition coefficient (Wildman–Crippen LogP) is 1.93. The summed E-state index contributed by atoms with van der Waals surface area (Å²) in [4.78, 5) is 16.4. The first-order chi connectivity index (χ1) is 7.88. The highest BCUT2D eigenvalue weighted by molar-refractivity contribution is 9.10. The molecule has 0 atom stereocenters. The summed E-state index contributed by atoms with van der Waals surface area (Å²) in [7, 11) is 0. The van der Waals surface area contributed by atoms with E-state index in [0.29, 0.717) is 10.9 Å². The highest BCUT2D eigenvalue weighted by Gasteiger charge is 2.15. The number of aromatic nitrogens is 2. The second-order valence-corrected chi connectivity index (χ2v) is 5.48. The third-order valence-electron chi connectivity index (χ3n) is 2.36. The van der Waals surface area contributed by atoms with Crippen molar-refractivity contribution in [1.29, 1.82) is 0 Å². The van der Waals surface area contributed by atoms with Crippen LogP contribution in [0.25, 0.3) is 10.9 Å². The van der Waals surface area contributed by atoms with Crippen LogP contribution in [-0.2, 0) is 6.54 Å². The van der Waals surface area contributed by atoms with Gasteiger partial charge in [0.05, 0.1) is 29.4 Å². The number of hydrogen-bond acceptors (Lipinski definition) is 3. The first kappa shape index (κ1) is 12.3. The number of fused-ring (bicyclic) bond motifs is 1. The van der Waals surface area contributed by atoms with Crippen molar-refractivity contribution in [3.05, 3.63) is 39.4 Å². The van der Waals surface area contributed by atoms with E-state index in [1.165, 1.54) is 10.9 Å². The van der Waals surface area contributed by atoms with E-state index in [1.54, 1.807) is 26.0 Å². The molecular formula is C12H13BrN2O2. The molecule has 90 valence electrons. The third kappa shape index (κ3) is 2.56. The molecule has 2 aromatic rings. The molecule has 2 rings (SSSR count). The number of hydrogen-bond donors (Lipinski definition) is 1. The van der Waals surface area contributed by atoms with Gasteiger partial charge in [-0.05, 0) is 41.9 Å². The fourth-order valence-electron chi connectivity index (χ4n) is 1.68. The minimum Gasteiger partial charge on any atom is -0.389 e. The van der Waals surface area contributed by atoms with Gasteiger partial charge in [0.25, 0.3) is 5.56 Å². The minimum absolute atomic E-state index is 0.140. The first-order valence-corrected chi connectivity index (χ1v) is 6.04. The summed E-state index contributed by atoms with van der Waals surface area (Å²) in [6.45, 7) is 3.54. The maximum Gasteiger partial charge on any atom is 0.261 e. The lowest BCUT2D eigenvalue weighted by molar-refractivity contribution is 0.0603. The topological polar surface area (TPSA) is 55.1 Å². The Hall–Kier alpha value is -1.20. The number of rotatable bonds is 2. The Balaban J connectivity index is 2.63. The molecule has 0 unspecified atom stereocenters. The van der Waals surface area contributed by atoms with Crippen LogP contribution in [0.15, 0.2) is 33.8 Å². The molecule has 5 heteroatoms. The van der Waals surface area contributed by atoms with Crippen molar-refractivity contribution in [3.63, 3.8) is 0 Å². The van der Waals surface area contributed by atoms with E-state index in [1.807, 2.05) is 6.07 Å². The van der Waals surface area contributed by atoms with E-state index in [4.69, 9.17) is 0 Å². The molecule has 0 saturated carbocycles. The molecule has 1 aromatic heterocycles. The van der Waals surface area contributed by atoms with E-state index < -0.39 is 5.60 Å². The lowest BCUT2D eigenvalue weighted by Gasteiger charge is -2.18. The van der Waals surface area contributed by atoms with Gasteiger partial charge in [-0.3, -0.25) is 9.36 Å². The van der Waals surface area contributed by atoms with Gasteiger partial charge < -0.3 is 5.11 Å². The molecule has 0 aliphatic rings. The van der Waals surface area contributed by atoms with Crippen LogP contribution in [0.1, 0.15) is 13.8 Å². The highest BCUT2D eigenvalue weighted by Crippen LogP contribution is 2.18. The fourth-order valence-corrected chi connectivity index (χ4v) is 2.15. The van der Waals surface area contributed by atoms with Crippen molar-refractivity contribution in [2.24, 2.45) is 0 Å². The fraction of sp³-hybridized carbons (Fsp3) is 0.333. The Bertz CT molecular complexity index is 614. The third-order valence-corrected chi connectivity index (χ3v) is 3.00. The van der Waals surface area contributed by atoms with E-state index in [2.05, 4.69) is 20.9 Å². The molecule has 4 nitrogen and oxygen atoms in total. The summed E-state index contributed by atoms with van der Waals surface area (Å²) in [5.41, 5.74) is -0.437. The van der Waals surface area contributed by atoms with Gasteiger partial charge in [0.15, 0.2) is 0 Å². The molecule has 0 radical (unpaired) electrons. The van der Waals surface area contributed by atoms with Crippen molar-refractivity contribution in [2.75, 3.05) is 0 Å². The number of para-hydroxylation sites is 1.